The number of unbranched alkanes of at least 4 members (excludes halogenated alkanes) is 1. The van der Waals surface area contributed by atoms with E-state index in [4.69, 9.17) is 0 Å². The van der Waals surface area contributed by atoms with Gasteiger partial charge >= 0.3 is 0 Å². The van der Waals surface area contributed by atoms with Crippen LogP contribution in [0.5, 0.6) is 0 Å². The second-order valence-corrected chi connectivity index (χ2v) is 9.97. The maximum Gasteiger partial charge on any atom is 0.264 e. The molecule has 0 spiro atoms. The van der Waals surface area contributed by atoms with Crippen molar-refractivity contribution < 1.29 is 13.2 Å². The van der Waals surface area contributed by atoms with Crippen LogP contribution in [0.25, 0.3) is 0 Å². The number of hydrogen-bond donors (Lipinski definition) is 1. The van der Waals surface area contributed by atoms with Gasteiger partial charge in [-0.1, -0.05) is 48.9 Å². The molecule has 0 saturated carbocycles. The first-order valence-corrected chi connectivity index (χ1v) is 12.1. The number of rotatable bonds is 7. The molecule has 0 unspecified atom stereocenters. The van der Waals surface area contributed by atoms with Crippen LogP contribution in [-0.4, -0.2) is 31.1 Å². The fraction of sp³-hybridized carbons (Fsp3) is 0.286. The molecule has 1 aliphatic rings. The molecule has 0 radical (unpaired) electrons. The number of sulfonamides is 1. The van der Waals surface area contributed by atoms with Gasteiger partial charge in [0.15, 0.2) is 0 Å². The van der Waals surface area contributed by atoms with E-state index in [1.807, 2.05) is 24.3 Å². The summed E-state index contributed by atoms with van der Waals surface area (Å²) in [4.78, 5) is 12.7. The van der Waals surface area contributed by atoms with Gasteiger partial charge in [0, 0.05) is 18.5 Å². The van der Waals surface area contributed by atoms with Gasteiger partial charge in [0.2, 0.25) is 5.13 Å². The van der Waals surface area contributed by atoms with Gasteiger partial charge < -0.3 is 0 Å². The van der Waals surface area contributed by atoms with Crippen LogP contribution in [0.4, 0.5) is 10.8 Å². The molecule has 7 nitrogen and oxygen atoms in total. The average Bonchev–Trinajstić information content (AvgIpc) is 3.39. The van der Waals surface area contributed by atoms with Crippen molar-refractivity contribution in [2.24, 2.45) is 0 Å². The van der Waals surface area contributed by atoms with Crippen LogP contribution in [0.1, 0.15) is 40.7 Å². The second-order valence-electron chi connectivity index (χ2n) is 7.04. The van der Waals surface area contributed by atoms with Crippen molar-refractivity contribution >= 4 is 38.1 Å². The maximum atomic E-state index is 13.2. The van der Waals surface area contributed by atoms with E-state index in [1.165, 1.54) is 27.8 Å². The summed E-state index contributed by atoms with van der Waals surface area (Å²) in [5.41, 5.74) is 1.96. The van der Waals surface area contributed by atoms with Gasteiger partial charge in [0.05, 0.1) is 10.6 Å². The largest absolute Gasteiger partial charge is 0.296 e. The van der Waals surface area contributed by atoms with Gasteiger partial charge in [0.1, 0.15) is 5.01 Å². The lowest BCUT2D eigenvalue weighted by Gasteiger charge is -2.19. The molecule has 0 atom stereocenters. The Kier molecular flexibility index (Phi) is 5.83. The van der Waals surface area contributed by atoms with E-state index in [-0.39, 0.29) is 10.5 Å². The lowest BCUT2D eigenvalue weighted by atomic mass is 10.2. The van der Waals surface area contributed by atoms with Gasteiger partial charge in [0.25, 0.3) is 15.9 Å². The molecule has 1 N–H and O–H groups in total. The molecule has 30 heavy (non-hydrogen) atoms. The van der Waals surface area contributed by atoms with Crippen molar-refractivity contribution in [2.45, 2.75) is 37.5 Å². The first kappa shape index (κ1) is 20.5. The fourth-order valence-electron chi connectivity index (χ4n) is 3.39. The number of anilines is 2. The molecule has 1 amide bonds. The number of aromatic nitrogens is 2. The molecule has 3 aromatic rings. The monoisotopic (exact) mass is 442 g/mol. The number of nitrogens with zero attached hydrogens (tertiary/aromatic N) is 3. The number of carbonyl (C=O) groups is 1. The molecule has 156 valence electrons. The summed E-state index contributed by atoms with van der Waals surface area (Å²) in [5, 5.41) is 12.1. The number of carbonyl (C=O) groups excluding carboxylic acids is 1. The van der Waals surface area contributed by atoms with Gasteiger partial charge in [-0.15, -0.1) is 10.2 Å². The van der Waals surface area contributed by atoms with Crippen LogP contribution in [0.2, 0.25) is 0 Å². The van der Waals surface area contributed by atoms with Crippen LogP contribution in [-0.2, 0) is 22.9 Å². The third-order valence-corrected chi connectivity index (χ3v) is 7.67. The smallest absolute Gasteiger partial charge is 0.264 e. The molecular weight excluding hydrogens is 420 g/mol. The number of para-hydroxylation sites is 1. The van der Waals surface area contributed by atoms with E-state index in [9.17, 15) is 13.2 Å². The fourth-order valence-corrected chi connectivity index (χ4v) is 5.71. The Hall–Kier alpha value is -2.78. The third-order valence-electron chi connectivity index (χ3n) is 4.96. The summed E-state index contributed by atoms with van der Waals surface area (Å²) >= 11 is 1.34. The van der Waals surface area contributed by atoms with Crippen molar-refractivity contribution in [1.82, 2.24) is 10.2 Å². The minimum atomic E-state index is -3.76. The summed E-state index contributed by atoms with van der Waals surface area (Å²) in [5.74, 6) is -0.410. The molecule has 2 heterocycles. The normalized spacial score (nSPS) is 13.3. The highest BCUT2D eigenvalue weighted by atomic mass is 32.2. The van der Waals surface area contributed by atoms with Crippen LogP contribution in [0, 0.1) is 0 Å². The Labute approximate surface area is 179 Å². The summed E-state index contributed by atoms with van der Waals surface area (Å²) in [7, 11) is -3.76. The third kappa shape index (κ3) is 4.08. The predicted octanol–water partition coefficient (Wildman–Crippen LogP) is 3.88. The maximum absolute atomic E-state index is 13.2. The Bertz CT molecular complexity index is 1170. The molecule has 0 aliphatic carbocycles. The number of amides is 1. The quantitative estimate of drug-likeness (QED) is 0.599. The van der Waals surface area contributed by atoms with E-state index >= 15 is 0 Å². The molecule has 1 aromatic heterocycles. The number of benzene rings is 2. The second kappa shape index (κ2) is 8.53. The lowest BCUT2D eigenvalue weighted by molar-refractivity contribution is 0.102. The van der Waals surface area contributed by atoms with E-state index in [1.54, 1.807) is 12.1 Å². The van der Waals surface area contributed by atoms with E-state index < -0.39 is 15.9 Å². The van der Waals surface area contributed by atoms with Crippen molar-refractivity contribution in [3.05, 3.63) is 64.7 Å². The van der Waals surface area contributed by atoms with Crippen LogP contribution in [0.3, 0.4) is 0 Å². The molecule has 0 fully saturated rings. The van der Waals surface area contributed by atoms with Crippen molar-refractivity contribution in [3.8, 4) is 0 Å². The first-order valence-electron chi connectivity index (χ1n) is 9.83. The van der Waals surface area contributed by atoms with Gasteiger partial charge in [-0.25, -0.2) is 8.42 Å². The summed E-state index contributed by atoms with van der Waals surface area (Å²) in [6.45, 7) is 2.49. The first-order chi connectivity index (χ1) is 14.5. The van der Waals surface area contributed by atoms with E-state index in [0.29, 0.717) is 23.8 Å². The zero-order valence-electron chi connectivity index (χ0n) is 16.5. The SMILES string of the molecule is CCCCc1nnc(NC(=O)c2cccc(S(=O)(=O)N3CCc4ccccc43)c2)s1. The van der Waals surface area contributed by atoms with Crippen molar-refractivity contribution in [3.63, 3.8) is 0 Å². The molecule has 9 heteroatoms. The summed E-state index contributed by atoms with van der Waals surface area (Å²) in [6, 6.07) is 13.6. The van der Waals surface area contributed by atoms with Gasteiger partial charge in [-0.05, 0) is 42.7 Å². The summed E-state index contributed by atoms with van der Waals surface area (Å²) in [6.07, 6.45) is 3.58. The Balaban J connectivity index is 1.54. The highest BCUT2D eigenvalue weighted by molar-refractivity contribution is 7.92. The number of nitrogens with one attached hydrogen (secondary N) is 1. The van der Waals surface area contributed by atoms with Crippen LogP contribution >= 0.6 is 11.3 Å². The van der Waals surface area contributed by atoms with Crippen LogP contribution < -0.4 is 9.62 Å². The zero-order chi connectivity index (χ0) is 21.1. The molecule has 4 rings (SSSR count). The van der Waals surface area contributed by atoms with Crippen molar-refractivity contribution in [1.29, 1.82) is 0 Å². The molecule has 0 bridgehead atoms. The molecular formula is C21H22N4O3S2. The minimum absolute atomic E-state index is 0.0905. The molecule has 1 aliphatic heterocycles. The Morgan fingerprint density at radius 1 is 1.17 bits per heavy atom. The molecule has 0 saturated heterocycles. The number of aryl methyl sites for hydroxylation is 1. The molecule has 2 aromatic carbocycles. The van der Waals surface area contributed by atoms with Gasteiger partial charge in [-0.2, -0.15) is 0 Å². The Morgan fingerprint density at radius 2 is 2.00 bits per heavy atom. The lowest BCUT2D eigenvalue weighted by Crippen LogP contribution is -2.29. The predicted molar refractivity (Wildman–Crippen MR) is 118 cm³/mol. The summed E-state index contributed by atoms with van der Waals surface area (Å²) < 4.78 is 27.8. The highest BCUT2D eigenvalue weighted by Gasteiger charge is 2.31. The van der Waals surface area contributed by atoms with E-state index in [2.05, 4.69) is 22.4 Å². The average molecular weight is 443 g/mol. The highest BCUT2D eigenvalue weighted by Crippen LogP contribution is 2.32. The number of fused-ring (bicyclic) bond motifs is 1. The topological polar surface area (TPSA) is 92.3 Å². The standard InChI is InChI=1S/C21H22N4O3S2/c1-2-3-11-19-23-24-21(29-19)22-20(26)16-8-6-9-17(14-16)30(27,28)25-13-12-15-7-4-5-10-18(15)25/h4-10,14H,2-3,11-13H2,1H3,(H,22,24,26). The van der Waals surface area contributed by atoms with Gasteiger partial charge in [-0.3, -0.25) is 14.4 Å². The van der Waals surface area contributed by atoms with Crippen LogP contribution in [0.15, 0.2) is 53.4 Å². The van der Waals surface area contributed by atoms with Crippen molar-refractivity contribution in [2.75, 3.05) is 16.2 Å². The van der Waals surface area contributed by atoms with E-state index in [0.717, 1.165) is 29.8 Å². The zero-order valence-corrected chi connectivity index (χ0v) is 18.2. The Morgan fingerprint density at radius 3 is 2.83 bits per heavy atom. The minimum Gasteiger partial charge on any atom is -0.296 e. The number of hydrogen-bond acceptors (Lipinski definition) is 6.